The second-order valence-electron chi connectivity index (χ2n) is 1.73. The maximum absolute atomic E-state index is 5.20. The van der Waals surface area contributed by atoms with Crippen molar-refractivity contribution >= 4 is 6.02 Å². The van der Waals surface area contributed by atoms with Gasteiger partial charge < -0.3 is 10.5 Å². The van der Waals surface area contributed by atoms with Crippen LogP contribution in [0, 0.1) is 0 Å². The number of hydrogen-bond donors (Lipinski definition) is 1. The van der Waals surface area contributed by atoms with E-state index < -0.39 is 0 Å². The quantitative estimate of drug-likeness (QED) is 0.464. The summed E-state index contributed by atoms with van der Waals surface area (Å²) in [7, 11) is 1.81. The molecule has 8 heavy (non-hydrogen) atoms. The lowest BCUT2D eigenvalue weighted by atomic mass is 10.6. The van der Waals surface area contributed by atoms with Crippen LogP contribution in [0.2, 0.25) is 0 Å². The molecule has 0 aliphatic carbocycles. The molecule has 0 aromatic rings. The lowest BCUT2D eigenvalue weighted by molar-refractivity contribution is 0.0946. The molecule has 1 aliphatic heterocycles. The van der Waals surface area contributed by atoms with Crippen LogP contribution in [-0.2, 0) is 4.74 Å². The third-order valence-electron chi connectivity index (χ3n) is 1.07. The molecule has 1 rings (SSSR count). The van der Waals surface area contributed by atoms with Crippen LogP contribution in [0.5, 0.6) is 0 Å². The Kier molecular flexibility index (Phi) is 1.00. The summed E-state index contributed by atoms with van der Waals surface area (Å²) in [5, 5.41) is 5.44. The van der Waals surface area contributed by atoms with Crippen LogP contribution in [0.1, 0.15) is 6.92 Å². The number of ether oxygens (including phenoxy) is 1. The van der Waals surface area contributed by atoms with Crippen LogP contribution in [-0.4, -0.2) is 24.3 Å². The number of hydrazone groups is 1. The molecule has 0 fully saturated rings. The largest absolute Gasteiger partial charge is 0.439 e. The molecule has 1 atom stereocenters. The van der Waals surface area contributed by atoms with Gasteiger partial charge in [-0.1, -0.05) is 0 Å². The Morgan fingerprint density at radius 3 is 2.62 bits per heavy atom. The van der Waals surface area contributed by atoms with Crippen LogP contribution in [0.15, 0.2) is 5.10 Å². The summed E-state index contributed by atoms with van der Waals surface area (Å²) in [6.45, 7) is 1.88. The van der Waals surface area contributed by atoms with E-state index in [0.717, 1.165) is 0 Å². The van der Waals surface area contributed by atoms with Crippen molar-refractivity contribution in [3.63, 3.8) is 0 Å². The number of nitrogens with two attached hydrogens (primary N) is 1. The summed E-state index contributed by atoms with van der Waals surface area (Å²) in [5.41, 5.74) is 5.20. The maximum Gasteiger partial charge on any atom is 0.305 e. The highest BCUT2D eigenvalue weighted by Gasteiger charge is 2.16. The molecule has 0 bridgehead atoms. The Labute approximate surface area is 47.9 Å². The first-order chi connectivity index (χ1) is 3.70. The van der Waals surface area contributed by atoms with E-state index in [0.29, 0.717) is 0 Å². The van der Waals surface area contributed by atoms with Gasteiger partial charge in [0.15, 0.2) is 6.23 Å². The Morgan fingerprint density at radius 1 is 1.88 bits per heavy atom. The first kappa shape index (κ1) is 5.21. The van der Waals surface area contributed by atoms with Gasteiger partial charge in [-0.25, -0.2) is 0 Å². The Bertz CT molecular complexity index is 122. The molecule has 2 N–H and O–H groups in total. The van der Waals surface area contributed by atoms with Gasteiger partial charge >= 0.3 is 6.02 Å². The Hall–Kier alpha value is -0.930. The molecular formula is C4H9N3O. The summed E-state index contributed by atoms with van der Waals surface area (Å²) in [6.07, 6.45) is -0.00463. The second-order valence-corrected chi connectivity index (χ2v) is 1.73. The highest BCUT2D eigenvalue weighted by molar-refractivity contribution is 5.72. The first-order valence-electron chi connectivity index (χ1n) is 2.43. The number of amidine groups is 1. The zero-order chi connectivity index (χ0) is 6.15. The van der Waals surface area contributed by atoms with E-state index in [9.17, 15) is 0 Å². The van der Waals surface area contributed by atoms with Crippen molar-refractivity contribution < 1.29 is 4.74 Å². The topological polar surface area (TPSA) is 50.9 Å². The molecule has 46 valence electrons. The van der Waals surface area contributed by atoms with Gasteiger partial charge in [-0.3, -0.25) is 5.01 Å². The number of hydrogen-bond acceptors (Lipinski definition) is 4. The molecular weight excluding hydrogens is 106 g/mol. The SMILES string of the molecule is CC1OC(N)=NN1C. The predicted molar refractivity (Wildman–Crippen MR) is 29.9 cm³/mol. The fourth-order valence-corrected chi connectivity index (χ4v) is 0.511. The summed E-state index contributed by atoms with van der Waals surface area (Å²) in [6, 6.07) is 0.250. The van der Waals surface area contributed by atoms with E-state index >= 15 is 0 Å². The molecule has 0 spiro atoms. The molecule has 1 aliphatic rings. The van der Waals surface area contributed by atoms with Crippen LogP contribution in [0.3, 0.4) is 0 Å². The second kappa shape index (κ2) is 1.54. The standard InChI is InChI=1S/C4H9N3O/c1-3-7(2)6-4(5)8-3/h3H,1-2H3,(H2,5,6). The molecule has 0 saturated carbocycles. The van der Waals surface area contributed by atoms with E-state index in [1.165, 1.54) is 0 Å². The van der Waals surface area contributed by atoms with Gasteiger partial charge in [0.1, 0.15) is 0 Å². The lowest BCUT2D eigenvalue weighted by Crippen LogP contribution is -2.21. The normalized spacial score (nSPS) is 27.5. The minimum absolute atomic E-state index is 0.00463. The lowest BCUT2D eigenvalue weighted by Gasteiger charge is -2.10. The molecule has 4 heteroatoms. The average Bonchev–Trinajstić information content (AvgIpc) is 1.85. The van der Waals surface area contributed by atoms with Gasteiger partial charge in [0.25, 0.3) is 0 Å². The first-order valence-corrected chi connectivity index (χ1v) is 2.43. The third kappa shape index (κ3) is 0.685. The van der Waals surface area contributed by atoms with Gasteiger partial charge in [0.2, 0.25) is 0 Å². The molecule has 0 saturated heterocycles. The van der Waals surface area contributed by atoms with Crippen molar-refractivity contribution in [1.82, 2.24) is 5.01 Å². The summed E-state index contributed by atoms with van der Waals surface area (Å²) in [5.74, 6) is 0. The summed E-state index contributed by atoms with van der Waals surface area (Å²) < 4.78 is 4.93. The van der Waals surface area contributed by atoms with Gasteiger partial charge in [0, 0.05) is 7.05 Å². The van der Waals surface area contributed by atoms with Crippen LogP contribution < -0.4 is 5.73 Å². The number of nitrogens with zero attached hydrogens (tertiary/aromatic N) is 2. The Morgan fingerprint density at radius 2 is 2.50 bits per heavy atom. The highest BCUT2D eigenvalue weighted by atomic mass is 16.5. The number of rotatable bonds is 0. The van der Waals surface area contributed by atoms with Crippen molar-refractivity contribution in [2.75, 3.05) is 7.05 Å². The van der Waals surface area contributed by atoms with E-state index in [1.807, 2.05) is 14.0 Å². The average molecular weight is 115 g/mol. The summed E-state index contributed by atoms with van der Waals surface area (Å²) >= 11 is 0. The van der Waals surface area contributed by atoms with E-state index in [4.69, 9.17) is 10.5 Å². The smallest absolute Gasteiger partial charge is 0.305 e. The van der Waals surface area contributed by atoms with Gasteiger partial charge in [-0.05, 0) is 6.92 Å². The monoisotopic (exact) mass is 115 g/mol. The molecule has 0 aromatic carbocycles. The fourth-order valence-electron chi connectivity index (χ4n) is 0.511. The van der Waals surface area contributed by atoms with E-state index in [1.54, 1.807) is 5.01 Å². The Balaban J connectivity index is 2.56. The predicted octanol–water partition coefficient (Wildman–Crippen LogP) is -0.476. The molecule has 0 aromatic heterocycles. The zero-order valence-electron chi connectivity index (χ0n) is 4.96. The molecule has 0 amide bonds. The summed E-state index contributed by atoms with van der Waals surface area (Å²) in [4.78, 5) is 0. The molecule has 1 unspecified atom stereocenters. The maximum atomic E-state index is 5.20. The van der Waals surface area contributed by atoms with Gasteiger partial charge in [-0.2, -0.15) is 0 Å². The molecule has 0 radical (unpaired) electrons. The van der Waals surface area contributed by atoms with Crippen molar-refractivity contribution in [1.29, 1.82) is 0 Å². The third-order valence-corrected chi connectivity index (χ3v) is 1.07. The van der Waals surface area contributed by atoms with Gasteiger partial charge in [0.05, 0.1) is 0 Å². The van der Waals surface area contributed by atoms with Crippen LogP contribution in [0.4, 0.5) is 0 Å². The molecule has 4 nitrogen and oxygen atoms in total. The van der Waals surface area contributed by atoms with Crippen molar-refractivity contribution in [3.8, 4) is 0 Å². The van der Waals surface area contributed by atoms with Crippen molar-refractivity contribution in [2.24, 2.45) is 10.8 Å². The highest BCUT2D eigenvalue weighted by Crippen LogP contribution is 2.04. The van der Waals surface area contributed by atoms with Crippen LogP contribution >= 0.6 is 0 Å². The van der Waals surface area contributed by atoms with Crippen molar-refractivity contribution in [2.45, 2.75) is 13.2 Å². The zero-order valence-corrected chi connectivity index (χ0v) is 4.96. The van der Waals surface area contributed by atoms with Gasteiger partial charge in [-0.15, -0.1) is 5.10 Å². The fraction of sp³-hybridized carbons (Fsp3) is 0.750. The minimum atomic E-state index is -0.00463. The van der Waals surface area contributed by atoms with E-state index in [-0.39, 0.29) is 12.2 Å². The van der Waals surface area contributed by atoms with E-state index in [2.05, 4.69) is 5.10 Å². The molecule has 1 heterocycles. The minimum Gasteiger partial charge on any atom is -0.439 e. The van der Waals surface area contributed by atoms with Crippen LogP contribution in [0.25, 0.3) is 0 Å². The van der Waals surface area contributed by atoms with Crippen molar-refractivity contribution in [3.05, 3.63) is 0 Å².